The second kappa shape index (κ2) is 12.2. The summed E-state index contributed by atoms with van der Waals surface area (Å²) in [5, 5.41) is 0. The lowest BCUT2D eigenvalue weighted by Gasteiger charge is -2.05. The van der Waals surface area contributed by atoms with Crippen molar-refractivity contribution >= 4 is 15.6 Å². The number of unbranched alkanes of at least 4 members (excludes halogenated alkanes) is 9. The number of benzene rings is 1. The van der Waals surface area contributed by atoms with E-state index in [-0.39, 0.29) is 17.3 Å². The lowest BCUT2D eigenvalue weighted by atomic mass is 10.1. The van der Waals surface area contributed by atoms with E-state index >= 15 is 0 Å². The maximum absolute atomic E-state index is 12.0. The van der Waals surface area contributed by atoms with E-state index in [1.165, 1.54) is 44.9 Å². The van der Waals surface area contributed by atoms with Crippen molar-refractivity contribution in [2.75, 3.05) is 11.5 Å². The molecule has 0 spiro atoms. The second-order valence-electron chi connectivity index (χ2n) is 6.56. The number of rotatable bonds is 14. The molecule has 1 aromatic rings. The number of carbonyl (C=O) groups is 1. The van der Waals surface area contributed by atoms with Crippen LogP contribution >= 0.6 is 0 Å². The van der Waals surface area contributed by atoms with Crippen LogP contribution in [-0.4, -0.2) is 25.7 Å². The van der Waals surface area contributed by atoms with Crippen LogP contribution in [0.25, 0.3) is 0 Å². The quantitative estimate of drug-likeness (QED) is 0.341. The Bertz CT molecular complexity index is 550. The molecule has 4 heteroatoms. The number of hydrogen-bond acceptors (Lipinski definition) is 3. The van der Waals surface area contributed by atoms with Gasteiger partial charge < -0.3 is 0 Å². The molecule has 3 nitrogen and oxygen atoms in total. The molecule has 1 aromatic carbocycles. The molecule has 0 heterocycles. The summed E-state index contributed by atoms with van der Waals surface area (Å²) in [5.74, 6) is -0.543. The molecular formula is C20H32O3S. The van der Waals surface area contributed by atoms with Gasteiger partial charge in [-0.15, -0.1) is 0 Å². The molecule has 0 radical (unpaired) electrons. The first kappa shape index (κ1) is 20.9. The number of Topliss-reactive ketones (excluding diaryl/α,β-unsaturated/α-hetero) is 1. The summed E-state index contributed by atoms with van der Waals surface area (Å²) >= 11 is 0. The Labute approximate surface area is 147 Å². The van der Waals surface area contributed by atoms with Crippen LogP contribution in [0.1, 0.15) is 81.5 Å². The largest absolute Gasteiger partial charge is 0.293 e. The summed E-state index contributed by atoms with van der Waals surface area (Å²) < 4.78 is 24.1. The third kappa shape index (κ3) is 9.86. The Morgan fingerprint density at radius 2 is 1.29 bits per heavy atom. The van der Waals surface area contributed by atoms with Crippen molar-refractivity contribution in [1.29, 1.82) is 0 Å². The highest BCUT2D eigenvalue weighted by molar-refractivity contribution is 7.92. The van der Waals surface area contributed by atoms with Crippen molar-refractivity contribution in [3.8, 4) is 0 Å². The summed E-state index contributed by atoms with van der Waals surface area (Å²) in [6.07, 6.45) is 11.7. The molecule has 0 bridgehead atoms. The Balaban J connectivity index is 2.10. The molecular weight excluding hydrogens is 320 g/mol. The average Bonchev–Trinajstić information content (AvgIpc) is 2.57. The smallest absolute Gasteiger partial charge is 0.177 e. The first-order valence-electron chi connectivity index (χ1n) is 9.34. The molecule has 0 fully saturated rings. The van der Waals surface area contributed by atoms with E-state index in [9.17, 15) is 13.2 Å². The first-order chi connectivity index (χ1) is 11.5. The number of hydrogen-bond donors (Lipinski definition) is 0. The van der Waals surface area contributed by atoms with Crippen molar-refractivity contribution < 1.29 is 13.2 Å². The van der Waals surface area contributed by atoms with E-state index in [4.69, 9.17) is 0 Å². The lowest BCUT2D eigenvalue weighted by molar-refractivity contribution is 0.102. The number of ketones is 1. The standard InChI is InChI=1S/C20H32O3S/c1-2-3-4-5-6-7-8-9-10-14-17-24(22,23)18-20(21)19-15-12-11-13-16-19/h11-13,15-16H,2-10,14,17-18H2,1H3. The number of carbonyl (C=O) groups excluding carboxylic acids is 1. The molecule has 0 atom stereocenters. The topological polar surface area (TPSA) is 51.2 Å². The Morgan fingerprint density at radius 1 is 0.792 bits per heavy atom. The predicted molar refractivity (Wildman–Crippen MR) is 101 cm³/mol. The molecule has 0 unspecified atom stereocenters. The van der Waals surface area contributed by atoms with Gasteiger partial charge >= 0.3 is 0 Å². The zero-order valence-electron chi connectivity index (χ0n) is 15.0. The highest BCUT2D eigenvalue weighted by Crippen LogP contribution is 2.11. The summed E-state index contributed by atoms with van der Waals surface area (Å²) in [6.45, 7) is 2.22. The highest BCUT2D eigenvalue weighted by Gasteiger charge is 2.17. The maximum atomic E-state index is 12.0. The van der Waals surface area contributed by atoms with Crippen LogP contribution in [0.4, 0.5) is 0 Å². The highest BCUT2D eigenvalue weighted by atomic mass is 32.2. The predicted octanol–water partition coefficient (Wildman–Crippen LogP) is 5.21. The fourth-order valence-electron chi connectivity index (χ4n) is 2.79. The monoisotopic (exact) mass is 352 g/mol. The summed E-state index contributed by atoms with van der Waals surface area (Å²) in [6, 6.07) is 8.65. The van der Waals surface area contributed by atoms with Crippen LogP contribution < -0.4 is 0 Å². The van der Waals surface area contributed by atoms with Gasteiger partial charge in [0.15, 0.2) is 15.6 Å². The van der Waals surface area contributed by atoms with Gasteiger partial charge in [-0.05, 0) is 6.42 Å². The van der Waals surface area contributed by atoms with E-state index < -0.39 is 9.84 Å². The van der Waals surface area contributed by atoms with Gasteiger partial charge in [0.1, 0.15) is 5.75 Å². The van der Waals surface area contributed by atoms with Crippen molar-refractivity contribution in [1.82, 2.24) is 0 Å². The van der Waals surface area contributed by atoms with E-state index in [2.05, 4.69) is 6.92 Å². The van der Waals surface area contributed by atoms with Crippen LogP contribution in [-0.2, 0) is 9.84 Å². The van der Waals surface area contributed by atoms with Crippen LogP contribution in [0.2, 0.25) is 0 Å². The molecule has 136 valence electrons. The fraction of sp³-hybridized carbons (Fsp3) is 0.650. The third-order valence-electron chi connectivity index (χ3n) is 4.26. The first-order valence-corrected chi connectivity index (χ1v) is 11.2. The summed E-state index contributed by atoms with van der Waals surface area (Å²) in [7, 11) is -3.29. The van der Waals surface area contributed by atoms with Gasteiger partial charge in [-0.25, -0.2) is 8.42 Å². The molecule has 0 saturated carbocycles. The van der Waals surface area contributed by atoms with Gasteiger partial charge in [0.05, 0.1) is 5.75 Å². The molecule has 0 aromatic heterocycles. The fourth-order valence-corrected chi connectivity index (χ4v) is 4.14. The van der Waals surface area contributed by atoms with E-state index in [1.54, 1.807) is 24.3 Å². The van der Waals surface area contributed by atoms with Crippen LogP contribution in [0.5, 0.6) is 0 Å². The SMILES string of the molecule is CCCCCCCCCCCCS(=O)(=O)CC(=O)c1ccccc1. The van der Waals surface area contributed by atoms with Gasteiger partial charge in [-0.1, -0.05) is 95.0 Å². The molecule has 1 rings (SSSR count). The minimum atomic E-state index is -3.29. The summed E-state index contributed by atoms with van der Waals surface area (Å²) in [4.78, 5) is 12.0. The third-order valence-corrected chi connectivity index (χ3v) is 5.87. The Kier molecular flexibility index (Phi) is 10.6. The second-order valence-corrected chi connectivity index (χ2v) is 8.75. The zero-order chi connectivity index (χ0) is 17.7. The summed E-state index contributed by atoms with van der Waals surface area (Å²) in [5.41, 5.74) is 0.476. The zero-order valence-corrected chi connectivity index (χ0v) is 15.8. The molecule has 0 aliphatic carbocycles. The van der Waals surface area contributed by atoms with Gasteiger partial charge in [0.2, 0.25) is 0 Å². The molecule has 0 amide bonds. The van der Waals surface area contributed by atoms with E-state index in [0.717, 1.165) is 12.8 Å². The molecule has 0 aliphatic rings. The minimum absolute atomic E-state index is 0.127. The molecule has 0 N–H and O–H groups in total. The normalized spacial score (nSPS) is 11.5. The number of sulfone groups is 1. The average molecular weight is 353 g/mol. The van der Waals surface area contributed by atoms with Crippen LogP contribution in [0, 0.1) is 0 Å². The molecule has 0 aliphatic heterocycles. The maximum Gasteiger partial charge on any atom is 0.177 e. The van der Waals surface area contributed by atoms with Crippen molar-refractivity contribution in [3.05, 3.63) is 35.9 Å². The minimum Gasteiger partial charge on any atom is -0.293 e. The lowest BCUT2D eigenvalue weighted by Crippen LogP contribution is -2.19. The van der Waals surface area contributed by atoms with Crippen molar-refractivity contribution in [3.63, 3.8) is 0 Å². The van der Waals surface area contributed by atoms with E-state index in [1.807, 2.05) is 6.07 Å². The van der Waals surface area contributed by atoms with Gasteiger partial charge in [0.25, 0.3) is 0 Å². The van der Waals surface area contributed by atoms with Crippen LogP contribution in [0.15, 0.2) is 30.3 Å². The van der Waals surface area contributed by atoms with Crippen LogP contribution in [0.3, 0.4) is 0 Å². The van der Waals surface area contributed by atoms with Crippen molar-refractivity contribution in [2.45, 2.75) is 71.1 Å². The van der Waals surface area contributed by atoms with Crippen molar-refractivity contribution in [2.24, 2.45) is 0 Å². The van der Waals surface area contributed by atoms with Gasteiger partial charge in [-0.3, -0.25) is 4.79 Å². The molecule has 24 heavy (non-hydrogen) atoms. The van der Waals surface area contributed by atoms with Gasteiger partial charge in [-0.2, -0.15) is 0 Å². The van der Waals surface area contributed by atoms with Gasteiger partial charge in [0, 0.05) is 5.56 Å². The molecule has 0 saturated heterocycles. The van der Waals surface area contributed by atoms with E-state index in [0.29, 0.717) is 12.0 Å². The Hall–Kier alpha value is -1.16. The Morgan fingerprint density at radius 3 is 1.83 bits per heavy atom.